The van der Waals surface area contributed by atoms with E-state index in [1.807, 2.05) is 13.1 Å². The zero-order valence-electron chi connectivity index (χ0n) is 21.2. The highest BCUT2D eigenvalue weighted by atomic mass is 16.6. The van der Waals surface area contributed by atoms with E-state index in [0.717, 1.165) is 82.4 Å². The number of fused-ring (bicyclic) bond motifs is 5. The maximum atomic E-state index is 10.6. The highest BCUT2D eigenvalue weighted by Gasteiger charge is 2.52. The first-order chi connectivity index (χ1) is 17.5. The van der Waals surface area contributed by atoms with Gasteiger partial charge in [-0.3, -0.25) is 4.90 Å². The summed E-state index contributed by atoms with van der Waals surface area (Å²) in [7, 11) is 0. The maximum absolute atomic E-state index is 10.6. The van der Waals surface area contributed by atoms with Crippen molar-refractivity contribution in [1.29, 1.82) is 0 Å². The minimum absolute atomic E-state index is 0.0112. The number of hydrogen-bond acceptors (Lipinski definition) is 8. The predicted octanol–water partition coefficient (Wildman–Crippen LogP) is 3.71. The van der Waals surface area contributed by atoms with Crippen LogP contribution in [0.5, 0.6) is 0 Å². The average molecular weight is 492 g/mol. The molecule has 2 saturated carbocycles. The average Bonchev–Trinajstić information content (AvgIpc) is 3.80. The van der Waals surface area contributed by atoms with E-state index in [0.29, 0.717) is 12.0 Å². The normalized spacial score (nSPS) is 31.7. The van der Waals surface area contributed by atoms with E-state index < -0.39 is 5.60 Å². The summed E-state index contributed by atoms with van der Waals surface area (Å²) in [6.45, 7) is 7.41. The third kappa shape index (κ3) is 4.49. The van der Waals surface area contributed by atoms with Crippen molar-refractivity contribution in [2.45, 2.75) is 76.0 Å². The molecule has 1 aromatic carbocycles. The Labute approximate surface area is 213 Å². The van der Waals surface area contributed by atoms with Gasteiger partial charge in [0.15, 0.2) is 6.23 Å². The summed E-state index contributed by atoms with van der Waals surface area (Å²) in [5.41, 5.74) is 4.27. The van der Waals surface area contributed by atoms with Crippen LogP contribution in [0, 0.1) is 5.92 Å². The van der Waals surface area contributed by atoms with Crippen LogP contribution in [-0.2, 0) is 16.0 Å². The Bertz CT molecular complexity index is 1120. The third-order valence-electron chi connectivity index (χ3n) is 8.65. The van der Waals surface area contributed by atoms with Crippen LogP contribution in [0.25, 0.3) is 11.1 Å². The van der Waals surface area contributed by atoms with Gasteiger partial charge in [-0.1, -0.05) is 18.2 Å². The largest absolute Gasteiger partial charge is 0.390 e. The summed E-state index contributed by atoms with van der Waals surface area (Å²) in [5.74, 6) is 2.44. The lowest BCUT2D eigenvalue weighted by molar-refractivity contribution is 0.0162. The Morgan fingerprint density at radius 3 is 2.69 bits per heavy atom. The zero-order valence-corrected chi connectivity index (χ0v) is 21.2. The minimum Gasteiger partial charge on any atom is -0.390 e. The van der Waals surface area contributed by atoms with E-state index in [-0.39, 0.29) is 12.3 Å². The number of rotatable bonds is 6. The van der Waals surface area contributed by atoms with Gasteiger partial charge in [0.25, 0.3) is 0 Å². The van der Waals surface area contributed by atoms with Crippen LogP contribution >= 0.6 is 0 Å². The van der Waals surface area contributed by atoms with Crippen molar-refractivity contribution >= 4 is 11.8 Å². The quantitative estimate of drug-likeness (QED) is 0.592. The van der Waals surface area contributed by atoms with Gasteiger partial charge in [0.1, 0.15) is 11.9 Å². The van der Waals surface area contributed by atoms with Gasteiger partial charge < -0.3 is 24.8 Å². The number of anilines is 2. The minimum atomic E-state index is -0.574. The van der Waals surface area contributed by atoms with E-state index >= 15 is 0 Å². The molecule has 3 aliphatic heterocycles. The Morgan fingerprint density at radius 2 is 1.92 bits per heavy atom. The van der Waals surface area contributed by atoms with Gasteiger partial charge in [0, 0.05) is 44.0 Å². The summed E-state index contributed by atoms with van der Waals surface area (Å²) >= 11 is 0. The van der Waals surface area contributed by atoms with Crippen LogP contribution in [-0.4, -0.2) is 70.7 Å². The summed E-state index contributed by atoms with van der Waals surface area (Å²) in [6, 6.07) is 7.14. The molecule has 5 aliphatic rings. The van der Waals surface area contributed by atoms with Crippen LogP contribution in [0.2, 0.25) is 0 Å². The molecule has 0 spiro atoms. The van der Waals surface area contributed by atoms with Gasteiger partial charge in [0.2, 0.25) is 5.95 Å². The molecule has 8 nitrogen and oxygen atoms in total. The van der Waals surface area contributed by atoms with E-state index in [4.69, 9.17) is 19.4 Å². The molecular weight excluding hydrogens is 454 g/mol. The van der Waals surface area contributed by atoms with E-state index in [9.17, 15) is 5.11 Å². The standard InChI is InChI=1S/C28H37N5O3/c1-28(34)8-6-20(7-9-28)33-25-23(16-30-27(31-25)29-15-18-2-3-18)21-5-4-19(14-22(21)24-26(33)36-24)17-32-10-12-35-13-11-32/h4-5,14,16,18,20,24,26,34H,2-3,6-13,15,17H2,1H3,(H,29,30,31). The van der Waals surface area contributed by atoms with Crippen molar-refractivity contribution in [3.8, 4) is 11.1 Å². The lowest BCUT2D eigenvalue weighted by Gasteiger charge is -2.39. The monoisotopic (exact) mass is 491 g/mol. The molecule has 0 bridgehead atoms. The Balaban J connectivity index is 1.23. The number of morpholine rings is 1. The smallest absolute Gasteiger partial charge is 0.224 e. The van der Waals surface area contributed by atoms with Crippen LogP contribution < -0.4 is 10.2 Å². The first kappa shape index (κ1) is 22.9. The van der Waals surface area contributed by atoms with Crippen LogP contribution in [0.4, 0.5) is 11.8 Å². The molecule has 2 unspecified atom stereocenters. The van der Waals surface area contributed by atoms with E-state index in [2.05, 4.69) is 33.3 Å². The number of aromatic nitrogens is 2. The van der Waals surface area contributed by atoms with Crippen molar-refractivity contribution in [3.63, 3.8) is 0 Å². The number of ether oxygens (including phenoxy) is 2. The zero-order chi connectivity index (χ0) is 24.3. The summed E-state index contributed by atoms with van der Waals surface area (Å²) < 4.78 is 11.9. The van der Waals surface area contributed by atoms with Crippen LogP contribution in [0.3, 0.4) is 0 Å². The van der Waals surface area contributed by atoms with Crippen LogP contribution in [0.15, 0.2) is 24.4 Å². The Hall–Kier alpha value is -2.26. The molecule has 2 atom stereocenters. The third-order valence-corrected chi connectivity index (χ3v) is 8.65. The first-order valence-electron chi connectivity index (χ1n) is 13.7. The van der Waals surface area contributed by atoms with Crippen molar-refractivity contribution in [2.75, 3.05) is 43.1 Å². The molecule has 0 amide bonds. The molecule has 36 heavy (non-hydrogen) atoms. The van der Waals surface area contributed by atoms with Gasteiger partial charge in [0.05, 0.1) is 18.8 Å². The predicted molar refractivity (Wildman–Crippen MR) is 138 cm³/mol. The SMILES string of the molecule is CC1(O)CCC(N2c3nc(NCC4CC4)ncc3-c3ccc(CN4CCOCC4)cc3C3OC32)CC1. The lowest BCUT2D eigenvalue weighted by Crippen LogP contribution is -2.44. The summed E-state index contributed by atoms with van der Waals surface area (Å²) in [4.78, 5) is 14.7. The fourth-order valence-corrected chi connectivity index (χ4v) is 6.16. The number of hydrogen-bond donors (Lipinski definition) is 2. The topological polar surface area (TPSA) is 86.3 Å². The molecule has 2 saturated heterocycles. The second-order valence-electron chi connectivity index (χ2n) is 11.6. The highest BCUT2D eigenvalue weighted by molar-refractivity contribution is 5.81. The Kier molecular flexibility index (Phi) is 5.69. The summed E-state index contributed by atoms with van der Waals surface area (Å²) in [6.07, 6.45) is 8.11. The van der Waals surface area contributed by atoms with Gasteiger partial charge in [-0.15, -0.1) is 0 Å². The fourth-order valence-electron chi connectivity index (χ4n) is 6.16. The van der Waals surface area contributed by atoms with E-state index in [1.165, 1.54) is 29.5 Å². The molecule has 1 aromatic heterocycles. The molecule has 2 aliphatic carbocycles. The van der Waals surface area contributed by atoms with Crippen molar-refractivity contribution in [3.05, 3.63) is 35.5 Å². The van der Waals surface area contributed by atoms with Gasteiger partial charge in [-0.25, -0.2) is 4.98 Å². The molecule has 0 radical (unpaired) electrons. The second kappa shape index (κ2) is 8.94. The van der Waals surface area contributed by atoms with Gasteiger partial charge in [-0.05, 0) is 68.1 Å². The Morgan fingerprint density at radius 1 is 1.11 bits per heavy atom. The molecule has 8 heteroatoms. The molecule has 192 valence electrons. The van der Waals surface area contributed by atoms with Gasteiger partial charge in [-0.2, -0.15) is 4.98 Å². The van der Waals surface area contributed by atoms with Crippen molar-refractivity contribution < 1.29 is 14.6 Å². The maximum Gasteiger partial charge on any atom is 0.224 e. The molecular formula is C28H37N5O3. The number of epoxide rings is 1. The van der Waals surface area contributed by atoms with Gasteiger partial charge >= 0.3 is 0 Å². The molecule has 2 N–H and O–H groups in total. The number of nitrogens with zero attached hydrogens (tertiary/aromatic N) is 4. The van der Waals surface area contributed by atoms with E-state index in [1.54, 1.807) is 0 Å². The lowest BCUT2D eigenvalue weighted by atomic mass is 9.83. The number of nitrogens with one attached hydrogen (secondary N) is 1. The van der Waals surface area contributed by atoms with Crippen LogP contribution in [0.1, 0.15) is 62.7 Å². The first-order valence-corrected chi connectivity index (χ1v) is 13.7. The molecule has 7 rings (SSSR count). The second-order valence-corrected chi connectivity index (χ2v) is 11.6. The van der Waals surface area contributed by atoms with Crippen molar-refractivity contribution in [1.82, 2.24) is 14.9 Å². The summed E-state index contributed by atoms with van der Waals surface area (Å²) in [5, 5.41) is 14.1. The number of aliphatic hydroxyl groups is 1. The molecule has 4 fully saturated rings. The highest BCUT2D eigenvalue weighted by Crippen LogP contribution is 2.53. The molecule has 4 heterocycles. The van der Waals surface area contributed by atoms with Crippen molar-refractivity contribution in [2.24, 2.45) is 5.92 Å². The fraction of sp³-hybridized carbons (Fsp3) is 0.643. The number of benzene rings is 1. The molecule has 2 aromatic rings.